The summed E-state index contributed by atoms with van der Waals surface area (Å²) >= 11 is 6.06. The Morgan fingerprint density at radius 1 is 1.50 bits per heavy atom. The van der Waals surface area contributed by atoms with Gasteiger partial charge in [-0.2, -0.15) is 0 Å². The zero-order chi connectivity index (χ0) is 13.0. The molecule has 1 aromatic rings. The summed E-state index contributed by atoms with van der Waals surface area (Å²) in [6.45, 7) is 4.35. The maximum atomic E-state index is 11.9. The molecule has 1 heterocycles. The van der Waals surface area contributed by atoms with E-state index < -0.39 is 0 Å². The molecule has 2 rings (SSSR count). The van der Waals surface area contributed by atoms with Crippen molar-refractivity contribution in [2.45, 2.75) is 26.2 Å². The van der Waals surface area contributed by atoms with Gasteiger partial charge in [-0.1, -0.05) is 18.5 Å². The Hall–Kier alpha value is -1.06. The van der Waals surface area contributed by atoms with E-state index in [-0.39, 0.29) is 5.78 Å². The second kappa shape index (κ2) is 6.21. The largest absolute Gasteiger partial charge is 0.493 e. The highest BCUT2D eigenvalue weighted by Gasteiger charge is 2.19. The predicted octanol–water partition coefficient (Wildman–Crippen LogP) is 2.39. The molecule has 0 aliphatic carbocycles. The molecule has 1 aliphatic heterocycles. The van der Waals surface area contributed by atoms with Gasteiger partial charge in [-0.15, -0.1) is 0 Å². The van der Waals surface area contributed by atoms with E-state index >= 15 is 0 Å². The van der Waals surface area contributed by atoms with Gasteiger partial charge in [0.15, 0.2) is 0 Å². The lowest BCUT2D eigenvalue weighted by atomic mass is 10.0. The molecule has 1 N–H and O–H groups in total. The Kier molecular flexibility index (Phi) is 4.61. The zero-order valence-electron chi connectivity index (χ0n) is 10.6. The Morgan fingerprint density at radius 3 is 3.11 bits per heavy atom. The van der Waals surface area contributed by atoms with Gasteiger partial charge >= 0.3 is 0 Å². The van der Waals surface area contributed by atoms with Gasteiger partial charge in [0.2, 0.25) is 0 Å². The monoisotopic (exact) mass is 267 g/mol. The summed E-state index contributed by atoms with van der Waals surface area (Å²) in [5.41, 5.74) is 2.05. The van der Waals surface area contributed by atoms with Crippen LogP contribution in [-0.2, 0) is 17.6 Å². The molecule has 0 bridgehead atoms. The number of rotatable bonds is 6. The molecule has 18 heavy (non-hydrogen) atoms. The van der Waals surface area contributed by atoms with Gasteiger partial charge in [-0.05, 0) is 24.2 Å². The minimum Gasteiger partial charge on any atom is -0.493 e. The number of nitrogens with one attached hydrogen (secondary N) is 1. The summed E-state index contributed by atoms with van der Waals surface area (Å²) in [5, 5.41) is 3.84. The highest BCUT2D eigenvalue weighted by atomic mass is 35.5. The smallest absolute Gasteiger partial charge is 0.138 e. The summed E-state index contributed by atoms with van der Waals surface area (Å²) in [6, 6.07) is 3.77. The molecule has 0 amide bonds. The molecule has 1 aliphatic rings. The first-order valence-electron chi connectivity index (χ1n) is 6.37. The van der Waals surface area contributed by atoms with Crippen LogP contribution in [0.2, 0.25) is 5.02 Å². The molecular weight excluding hydrogens is 250 g/mol. The number of carbonyl (C=O) groups excluding carboxylic acids is 1. The molecule has 0 fully saturated rings. The number of fused-ring (bicyclic) bond motifs is 1. The lowest BCUT2D eigenvalue weighted by Gasteiger charge is -2.08. The lowest BCUT2D eigenvalue weighted by Crippen LogP contribution is -2.18. The molecule has 0 atom stereocenters. The van der Waals surface area contributed by atoms with E-state index in [2.05, 4.69) is 5.32 Å². The van der Waals surface area contributed by atoms with Crippen molar-refractivity contribution in [1.82, 2.24) is 5.32 Å². The van der Waals surface area contributed by atoms with Gasteiger partial charge in [-0.25, -0.2) is 0 Å². The van der Waals surface area contributed by atoms with Crippen molar-refractivity contribution in [1.29, 1.82) is 0 Å². The van der Waals surface area contributed by atoms with Gasteiger partial charge in [0, 0.05) is 36.4 Å². The molecule has 0 unspecified atom stereocenters. The maximum Gasteiger partial charge on any atom is 0.138 e. The quantitative estimate of drug-likeness (QED) is 0.805. The molecule has 3 nitrogen and oxygen atoms in total. The van der Waals surface area contributed by atoms with Gasteiger partial charge in [0.25, 0.3) is 0 Å². The van der Waals surface area contributed by atoms with E-state index in [0.29, 0.717) is 24.5 Å². The summed E-state index contributed by atoms with van der Waals surface area (Å²) in [6.07, 6.45) is 1.85. The lowest BCUT2D eigenvalue weighted by molar-refractivity contribution is -0.118. The standard InChI is InChI=1S/C14H18ClNO2/c1-2-16-5-3-13(17)9-11-8-12(15)7-10-4-6-18-14(10)11/h7-8,16H,2-6,9H2,1H3. The molecule has 0 spiro atoms. The maximum absolute atomic E-state index is 11.9. The van der Waals surface area contributed by atoms with Crippen LogP contribution in [0.1, 0.15) is 24.5 Å². The van der Waals surface area contributed by atoms with Gasteiger partial charge in [-0.3, -0.25) is 4.79 Å². The van der Waals surface area contributed by atoms with Crippen LogP contribution in [0.3, 0.4) is 0 Å². The number of ether oxygens (including phenoxy) is 1. The number of hydrogen-bond acceptors (Lipinski definition) is 3. The summed E-state index contributed by atoms with van der Waals surface area (Å²) in [4.78, 5) is 11.9. The van der Waals surface area contributed by atoms with Crippen LogP contribution in [0.15, 0.2) is 12.1 Å². The molecular formula is C14H18ClNO2. The van der Waals surface area contributed by atoms with Crippen molar-refractivity contribution in [3.05, 3.63) is 28.3 Å². The highest BCUT2D eigenvalue weighted by molar-refractivity contribution is 6.30. The fourth-order valence-corrected chi connectivity index (χ4v) is 2.45. The first-order chi connectivity index (χ1) is 8.70. The molecule has 98 valence electrons. The van der Waals surface area contributed by atoms with E-state index in [0.717, 1.165) is 36.4 Å². The molecule has 0 saturated carbocycles. The van der Waals surface area contributed by atoms with E-state index in [9.17, 15) is 4.79 Å². The third-order valence-electron chi connectivity index (χ3n) is 3.04. The van der Waals surface area contributed by atoms with E-state index in [4.69, 9.17) is 16.3 Å². The molecule has 0 saturated heterocycles. The Balaban J connectivity index is 2.03. The second-order valence-electron chi connectivity index (χ2n) is 4.47. The van der Waals surface area contributed by atoms with Gasteiger partial charge < -0.3 is 10.1 Å². The number of hydrogen-bond donors (Lipinski definition) is 1. The molecule has 1 aromatic carbocycles. The van der Waals surface area contributed by atoms with E-state index in [1.165, 1.54) is 0 Å². The van der Waals surface area contributed by atoms with Crippen LogP contribution < -0.4 is 10.1 Å². The topological polar surface area (TPSA) is 38.3 Å². The molecule has 0 radical (unpaired) electrons. The fraction of sp³-hybridized carbons (Fsp3) is 0.500. The van der Waals surface area contributed by atoms with E-state index in [1.807, 2.05) is 19.1 Å². The molecule has 0 aromatic heterocycles. The average molecular weight is 268 g/mol. The minimum atomic E-state index is 0.218. The van der Waals surface area contributed by atoms with Crippen molar-refractivity contribution in [2.75, 3.05) is 19.7 Å². The fourth-order valence-electron chi connectivity index (χ4n) is 2.18. The number of ketones is 1. The van der Waals surface area contributed by atoms with Crippen molar-refractivity contribution >= 4 is 17.4 Å². The van der Waals surface area contributed by atoms with Crippen molar-refractivity contribution in [3.63, 3.8) is 0 Å². The third-order valence-corrected chi connectivity index (χ3v) is 3.26. The summed E-state index contributed by atoms with van der Waals surface area (Å²) in [5.74, 6) is 1.09. The highest BCUT2D eigenvalue weighted by Crippen LogP contribution is 2.33. The van der Waals surface area contributed by atoms with Crippen LogP contribution in [0, 0.1) is 0 Å². The Bertz CT molecular complexity index is 446. The van der Waals surface area contributed by atoms with Crippen molar-refractivity contribution < 1.29 is 9.53 Å². The minimum absolute atomic E-state index is 0.218. The number of Topliss-reactive ketones (excluding diaryl/α,β-unsaturated/α-hetero) is 1. The van der Waals surface area contributed by atoms with Crippen LogP contribution in [0.5, 0.6) is 5.75 Å². The Morgan fingerprint density at radius 2 is 2.33 bits per heavy atom. The van der Waals surface area contributed by atoms with Crippen molar-refractivity contribution in [2.24, 2.45) is 0 Å². The normalized spacial score (nSPS) is 13.2. The van der Waals surface area contributed by atoms with Crippen LogP contribution in [-0.4, -0.2) is 25.5 Å². The molecule has 4 heteroatoms. The van der Waals surface area contributed by atoms with Crippen molar-refractivity contribution in [3.8, 4) is 5.75 Å². The summed E-state index contributed by atoms with van der Waals surface area (Å²) in [7, 11) is 0. The van der Waals surface area contributed by atoms with Gasteiger partial charge in [0.05, 0.1) is 6.61 Å². The second-order valence-corrected chi connectivity index (χ2v) is 4.91. The predicted molar refractivity (Wildman–Crippen MR) is 72.5 cm³/mol. The first kappa shape index (κ1) is 13.4. The Labute approximate surface area is 112 Å². The third kappa shape index (κ3) is 3.24. The zero-order valence-corrected chi connectivity index (χ0v) is 11.3. The SMILES string of the molecule is CCNCCC(=O)Cc1cc(Cl)cc2c1OCC2. The number of benzene rings is 1. The number of halogens is 1. The van der Waals surface area contributed by atoms with Gasteiger partial charge in [0.1, 0.15) is 11.5 Å². The van der Waals surface area contributed by atoms with Crippen LogP contribution >= 0.6 is 11.6 Å². The summed E-state index contributed by atoms with van der Waals surface area (Å²) < 4.78 is 5.58. The van der Waals surface area contributed by atoms with Crippen LogP contribution in [0.4, 0.5) is 0 Å². The first-order valence-corrected chi connectivity index (χ1v) is 6.75. The van der Waals surface area contributed by atoms with Crippen LogP contribution in [0.25, 0.3) is 0 Å². The van der Waals surface area contributed by atoms with E-state index in [1.54, 1.807) is 0 Å². The average Bonchev–Trinajstić information content (AvgIpc) is 2.77. The number of carbonyl (C=O) groups is 1.